The summed E-state index contributed by atoms with van der Waals surface area (Å²) >= 11 is 0. The highest BCUT2D eigenvalue weighted by molar-refractivity contribution is 7.91. The standard InChI is InChI=1S/C14H30N2O3SSi/c1-14(2,21(3,4)19)6-5-12-10-16-7-8-20(17,18)11-13(16)9-15-12/h12-13,15,19H,5-11H2,1-4H3/t12-,13?/m1/s1. The van der Waals surface area contributed by atoms with Crippen LogP contribution in [0, 0.1) is 0 Å². The largest absolute Gasteiger partial charge is 0.432 e. The van der Waals surface area contributed by atoms with Gasteiger partial charge in [0.05, 0.1) is 11.5 Å². The number of piperazine rings is 1. The minimum Gasteiger partial charge on any atom is -0.432 e. The Bertz CT molecular complexity index is 473. The molecule has 7 heteroatoms. The van der Waals surface area contributed by atoms with Crippen LogP contribution in [-0.2, 0) is 9.84 Å². The minimum absolute atomic E-state index is 0.0107. The van der Waals surface area contributed by atoms with E-state index in [1.807, 2.05) is 13.1 Å². The summed E-state index contributed by atoms with van der Waals surface area (Å²) in [6, 6.07) is 0.564. The average Bonchev–Trinajstić information content (AvgIpc) is 2.34. The predicted molar refractivity (Wildman–Crippen MR) is 88.8 cm³/mol. The Kier molecular flexibility index (Phi) is 4.91. The monoisotopic (exact) mass is 334 g/mol. The van der Waals surface area contributed by atoms with Crippen LogP contribution in [0.1, 0.15) is 26.7 Å². The second kappa shape index (κ2) is 5.92. The molecule has 2 saturated heterocycles. The zero-order valence-electron chi connectivity index (χ0n) is 13.7. The van der Waals surface area contributed by atoms with Gasteiger partial charge in [-0.25, -0.2) is 8.42 Å². The van der Waals surface area contributed by atoms with Crippen LogP contribution in [0.25, 0.3) is 0 Å². The van der Waals surface area contributed by atoms with E-state index in [1.54, 1.807) is 0 Å². The van der Waals surface area contributed by atoms with E-state index in [2.05, 4.69) is 24.1 Å². The van der Waals surface area contributed by atoms with Crippen LogP contribution < -0.4 is 5.32 Å². The molecular weight excluding hydrogens is 304 g/mol. The summed E-state index contributed by atoms with van der Waals surface area (Å²) in [5, 5.41) is 3.52. The highest BCUT2D eigenvalue weighted by atomic mass is 32.2. The van der Waals surface area contributed by atoms with Crippen molar-refractivity contribution in [3.8, 4) is 0 Å². The lowest BCUT2D eigenvalue weighted by Gasteiger charge is -2.44. The van der Waals surface area contributed by atoms with Gasteiger partial charge < -0.3 is 10.1 Å². The fourth-order valence-electron chi connectivity index (χ4n) is 3.03. The summed E-state index contributed by atoms with van der Waals surface area (Å²) in [4.78, 5) is 12.7. The van der Waals surface area contributed by atoms with Gasteiger partial charge in [0.25, 0.3) is 0 Å². The fourth-order valence-corrected chi connectivity index (χ4v) is 5.38. The van der Waals surface area contributed by atoms with E-state index in [9.17, 15) is 13.2 Å². The average molecular weight is 335 g/mol. The Hall–Kier alpha value is 0.0469. The second-order valence-electron chi connectivity index (χ2n) is 7.85. The molecule has 2 aliphatic rings. The first-order valence-corrected chi connectivity index (χ1v) is 12.7. The Morgan fingerprint density at radius 2 is 2.05 bits per heavy atom. The molecule has 0 radical (unpaired) electrons. The molecule has 2 aliphatic heterocycles. The van der Waals surface area contributed by atoms with E-state index < -0.39 is 18.2 Å². The number of hydrogen-bond donors (Lipinski definition) is 2. The molecule has 0 aliphatic carbocycles. The van der Waals surface area contributed by atoms with E-state index in [0.29, 0.717) is 24.1 Å². The van der Waals surface area contributed by atoms with Crippen LogP contribution in [-0.4, -0.2) is 69.7 Å². The minimum atomic E-state index is -2.83. The molecule has 1 unspecified atom stereocenters. The van der Waals surface area contributed by atoms with Gasteiger partial charge in [-0.15, -0.1) is 0 Å². The van der Waals surface area contributed by atoms with Gasteiger partial charge in [0.2, 0.25) is 0 Å². The maximum Gasteiger partial charge on any atom is 0.188 e. The lowest BCUT2D eigenvalue weighted by atomic mass is 9.99. The van der Waals surface area contributed by atoms with Crippen molar-refractivity contribution in [1.29, 1.82) is 0 Å². The maximum absolute atomic E-state index is 11.7. The van der Waals surface area contributed by atoms with Gasteiger partial charge in [-0.1, -0.05) is 13.8 Å². The van der Waals surface area contributed by atoms with Crippen molar-refractivity contribution < 1.29 is 13.2 Å². The zero-order valence-corrected chi connectivity index (χ0v) is 15.5. The van der Waals surface area contributed by atoms with Crippen molar-refractivity contribution in [1.82, 2.24) is 10.2 Å². The van der Waals surface area contributed by atoms with Gasteiger partial charge in [0.1, 0.15) is 0 Å². The molecule has 0 aromatic rings. The van der Waals surface area contributed by atoms with Gasteiger partial charge in [-0.2, -0.15) is 0 Å². The molecule has 21 heavy (non-hydrogen) atoms. The molecule has 2 fully saturated rings. The first-order chi connectivity index (χ1) is 9.50. The number of nitrogens with zero attached hydrogens (tertiary/aromatic N) is 1. The normalized spacial score (nSPS) is 30.9. The number of rotatable bonds is 4. The third kappa shape index (κ3) is 4.28. The maximum atomic E-state index is 11.7. The Labute approximate surface area is 130 Å². The summed E-state index contributed by atoms with van der Waals surface area (Å²) in [7, 11) is -4.98. The molecule has 0 amide bonds. The SMILES string of the molecule is CC(C)(CC[C@@H]1CN2CCS(=O)(=O)CC2CN1)[Si](C)(C)O. The van der Waals surface area contributed by atoms with Gasteiger partial charge >= 0.3 is 0 Å². The first-order valence-electron chi connectivity index (χ1n) is 7.90. The molecular formula is C14H30N2O3SSi. The van der Waals surface area contributed by atoms with Gasteiger partial charge in [0.15, 0.2) is 18.2 Å². The van der Waals surface area contributed by atoms with Crippen LogP contribution in [0.15, 0.2) is 0 Å². The molecule has 0 saturated carbocycles. The third-order valence-electron chi connectivity index (χ3n) is 5.52. The molecule has 5 nitrogen and oxygen atoms in total. The van der Waals surface area contributed by atoms with Crippen LogP contribution >= 0.6 is 0 Å². The van der Waals surface area contributed by atoms with E-state index in [1.165, 1.54) is 0 Å². The van der Waals surface area contributed by atoms with E-state index in [0.717, 1.165) is 25.9 Å². The van der Waals surface area contributed by atoms with Gasteiger partial charge in [-0.05, 0) is 31.0 Å². The fraction of sp³-hybridized carbons (Fsp3) is 1.00. The van der Waals surface area contributed by atoms with Crippen molar-refractivity contribution in [3.05, 3.63) is 0 Å². The van der Waals surface area contributed by atoms with Crippen molar-refractivity contribution in [2.75, 3.05) is 31.1 Å². The molecule has 2 rings (SSSR count). The van der Waals surface area contributed by atoms with Crippen LogP contribution in [0.3, 0.4) is 0 Å². The molecule has 0 aromatic carbocycles. The summed E-state index contributed by atoms with van der Waals surface area (Å²) in [5.41, 5.74) is 0. The number of sulfone groups is 1. The summed E-state index contributed by atoms with van der Waals surface area (Å²) in [6.45, 7) is 10.7. The topological polar surface area (TPSA) is 69.6 Å². The van der Waals surface area contributed by atoms with Gasteiger partial charge in [0, 0.05) is 31.7 Å². The molecule has 124 valence electrons. The molecule has 0 spiro atoms. The van der Waals surface area contributed by atoms with Crippen LogP contribution in [0.5, 0.6) is 0 Å². The van der Waals surface area contributed by atoms with Crippen molar-refractivity contribution in [2.24, 2.45) is 0 Å². The molecule has 2 N–H and O–H groups in total. The molecule has 2 atom stereocenters. The second-order valence-corrected chi connectivity index (χ2v) is 14.6. The summed E-state index contributed by atoms with van der Waals surface area (Å²) < 4.78 is 23.4. The van der Waals surface area contributed by atoms with E-state index >= 15 is 0 Å². The lowest BCUT2D eigenvalue weighted by Crippen LogP contribution is -2.62. The highest BCUT2D eigenvalue weighted by Gasteiger charge is 2.39. The van der Waals surface area contributed by atoms with E-state index in [-0.39, 0.29) is 11.1 Å². The summed E-state index contributed by atoms with van der Waals surface area (Å²) in [5.74, 6) is 0.604. The molecule has 0 aromatic heterocycles. The number of fused-ring (bicyclic) bond motifs is 1. The quantitative estimate of drug-likeness (QED) is 0.745. The van der Waals surface area contributed by atoms with Crippen molar-refractivity contribution in [2.45, 2.75) is 56.9 Å². The van der Waals surface area contributed by atoms with Gasteiger partial charge in [-0.3, -0.25) is 4.90 Å². The third-order valence-corrected chi connectivity index (χ3v) is 10.8. The number of hydrogen-bond acceptors (Lipinski definition) is 5. The smallest absolute Gasteiger partial charge is 0.188 e. The Balaban J connectivity index is 1.86. The van der Waals surface area contributed by atoms with E-state index in [4.69, 9.17) is 0 Å². The predicted octanol–water partition coefficient (Wildman–Crippen LogP) is 0.815. The zero-order chi connectivity index (χ0) is 15.9. The van der Waals surface area contributed by atoms with Crippen molar-refractivity contribution in [3.63, 3.8) is 0 Å². The Morgan fingerprint density at radius 3 is 2.67 bits per heavy atom. The lowest BCUT2D eigenvalue weighted by molar-refractivity contribution is 0.138. The van der Waals surface area contributed by atoms with Crippen LogP contribution in [0.2, 0.25) is 18.1 Å². The molecule has 2 heterocycles. The van der Waals surface area contributed by atoms with Crippen molar-refractivity contribution >= 4 is 18.2 Å². The number of nitrogens with one attached hydrogen (secondary N) is 1. The van der Waals surface area contributed by atoms with Crippen LogP contribution in [0.4, 0.5) is 0 Å². The molecule has 0 bridgehead atoms. The highest BCUT2D eigenvalue weighted by Crippen LogP contribution is 2.40. The summed E-state index contributed by atoms with van der Waals surface area (Å²) in [6.07, 6.45) is 2.05. The Morgan fingerprint density at radius 1 is 1.38 bits per heavy atom. The first kappa shape index (κ1) is 17.4.